The van der Waals surface area contributed by atoms with E-state index >= 15 is 0 Å². The summed E-state index contributed by atoms with van der Waals surface area (Å²) in [5.74, 6) is 0.772. The first-order valence-electron chi connectivity index (χ1n) is 5.97. The van der Waals surface area contributed by atoms with E-state index in [0.717, 1.165) is 12.8 Å². The van der Waals surface area contributed by atoms with Gasteiger partial charge in [-0.25, -0.2) is 0 Å². The predicted octanol–water partition coefficient (Wildman–Crippen LogP) is 3.45. The molecule has 2 nitrogen and oxygen atoms in total. The number of carbonyl (C=O) groups excluding carboxylic acids is 1. The summed E-state index contributed by atoms with van der Waals surface area (Å²) in [4.78, 5) is 11.7. The molecule has 0 aliphatic rings. The predicted molar refractivity (Wildman–Crippen MR) is 67.5 cm³/mol. The zero-order chi connectivity index (χ0) is 12.4. The summed E-state index contributed by atoms with van der Waals surface area (Å²) < 4.78 is 17.1. The number of hydrogen-bond donors (Lipinski definition) is 0. The molecule has 1 unspecified atom stereocenters. The molecule has 0 bridgehead atoms. The van der Waals surface area contributed by atoms with Gasteiger partial charge in [0.25, 0.3) is 0 Å². The van der Waals surface area contributed by atoms with Crippen LogP contribution in [0.2, 0.25) is 0 Å². The molecule has 0 N–H and O–H groups in total. The maximum Gasteiger partial charge on any atom is 0.319 e. The summed E-state index contributed by atoms with van der Waals surface area (Å²) in [7, 11) is 0. The van der Waals surface area contributed by atoms with Crippen molar-refractivity contribution in [3.8, 4) is 0 Å². The zero-order valence-electron chi connectivity index (χ0n) is 10.5. The number of unbranched alkanes of at least 4 members (excludes halogenated alkanes) is 1. The van der Waals surface area contributed by atoms with Gasteiger partial charge in [0.1, 0.15) is 5.25 Å². The van der Waals surface area contributed by atoms with E-state index in [4.69, 9.17) is 4.74 Å². The first-order chi connectivity index (χ1) is 7.63. The van der Waals surface area contributed by atoms with Crippen LogP contribution in [-0.4, -0.2) is 30.3 Å². The number of halogens is 1. The average molecular weight is 250 g/mol. The minimum atomic E-state index is -0.317. The van der Waals surface area contributed by atoms with Gasteiger partial charge < -0.3 is 4.74 Å². The molecule has 0 amide bonds. The highest BCUT2D eigenvalue weighted by molar-refractivity contribution is 8.00. The van der Waals surface area contributed by atoms with E-state index in [-0.39, 0.29) is 23.8 Å². The molecular formula is C12H23FO2S. The first-order valence-corrected chi connectivity index (χ1v) is 7.02. The van der Waals surface area contributed by atoms with Crippen LogP contribution in [-0.2, 0) is 9.53 Å². The molecule has 0 saturated heterocycles. The van der Waals surface area contributed by atoms with E-state index in [2.05, 4.69) is 6.92 Å². The zero-order valence-corrected chi connectivity index (χ0v) is 11.3. The highest BCUT2D eigenvalue weighted by Crippen LogP contribution is 2.21. The molecule has 0 aliphatic carbocycles. The monoisotopic (exact) mass is 250 g/mol. The van der Waals surface area contributed by atoms with Crippen LogP contribution in [0.4, 0.5) is 4.39 Å². The first kappa shape index (κ1) is 15.8. The van der Waals surface area contributed by atoms with Crippen LogP contribution in [0.3, 0.4) is 0 Å². The minimum absolute atomic E-state index is 0.146. The third-order valence-corrected chi connectivity index (χ3v) is 3.78. The maximum absolute atomic E-state index is 12.0. The van der Waals surface area contributed by atoms with Gasteiger partial charge in [0.15, 0.2) is 0 Å². The van der Waals surface area contributed by atoms with Crippen molar-refractivity contribution in [2.45, 2.75) is 45.3 Å². The molecule has 16 heavy (non-hydrogen) atoms. The van der Waals surface area contributed by atoms with Crippen LogP contribution >= 0.6 is 11.8 Å². The Morgan fingerprint density at radius 3 is 2.56 bits per heavy atom. The fraction of sp³-hybridized carbons (Fsp3) is 0.917. The van der Waals surface area contributed by atoms with Crippen molar-refractivity contribution >= 4 is 17.7 Å². The van der Waals surface area contributed by atoms with Gasteiger partial charge in [-0.2, -0.15) is 0 Å². The number of alkyl halides is 1. The lowest BCUT2D eigenvalue weighted by Crippen LogP contribution is -2.26. The van der Waals surface area contributed by atoms with Gasteiger partial charge in [-0.15, -0.1) is 11.8 Å². The Hall–Kier alpha value is -0.250. The van der Waals surface area contributed by atoms with Gasteiger partial charge in [-0.3, -0.25) is 9.18 Å². The second-order valence-corrected chi connectivity index (χ2v) is 5.35. The maximum atomic E-state index is 12.0. The van der Waals surface area contributed by atoms with Crippen molar-refractivity contribution in [2.75, 3.05) is 19.0 Å². The molecule has 0 fully saturated rings. The summed E-state index contributed by atoms with van der Waals surface area (Å²) in [6, 6.07) is 0. The Morgan fingerprint density at radius 1 is 1.38 bits per heavy atom. The Morgan fingerprint density at radius 2 is 2.06 bits per heavy atom. The molecule has 0 aromatic rings. The Balaban J connectivity index is 3.93. The van der Waals surface area contributed by atoms with E-state index in [0.29, 0.717) is 18.8 Å². The second kappa shape index (κ2) is 9.94. The molecule has 0 aromatic heterocycles. The minimum Gasteiger partial charge on any atom is -0.465 e. The van der Waals surface area contributed by atoms with E-state index in [1.807, 2.05) is 13.8 Å². The standard InChI is InChI=1S/C12H23FO2S/c1-4-5-8-15-12(14)11(10(2)3)16-9-6-7-13/h10-11H,4-9H2,1-3H3. The van der Waals surface area contributed by atoms with Crippen molar-refractivity contribution in [1.82, 2.24) is 0 Å². The fourth-order valence-electron chi connectivity index (χ4n) is 1.20. The Bertz CT molecular complexity index is 186. The second-order valence-electron chi connectivity index (χ2n) is 4.10. The molecular weight excluding hydrogens is 227 g/mol. The van der Waals surface area contributed by atoms with Gasteiger partial charge in [0.05, 0.1) is 13.3 Å². The summed E-state index contributed by atoms with van der Waals surface area (Å²) in [5, 5.41) is -0.150. The van der Waals surface area contributed by atoms with E-state index in [9.17, 15) is 9.18 Å². The molecule has 0 aromatic carbocycles. The van der Waals surface area contributed by atoms with Gasteiger partial charge in [-0.1, -0.05) is 27.2 Å². The molecule has 4 heteroatoms. The lowest BCUT2D eigenvalue weighted by atomic mass is 10.1. The molecule has 1 atom stereocenters. The lowest BCUT2D eigenvalue weighted by Gasteiger charge is -2.18. The molecule has 0 radical (unpaired) electrons. The van der Waals surface area contributed by atoms with Crippen molar-refractivity contribution in [2.24, 2.45) is 5.92 Å². The SMILES string of the molecule is CCCCOC(=O)C(SCCCF)C(C)C. The van der Waals surface area contributed by atoms with Crippen molar-refractivity contribution in [1.29, 1.82) is 0 Å². The van der Waals surface area contributed by atoms with Crippen molar-refractivity contribution < 1.29 is 13.9 Å². The number of ether oxygens (including phenoxy) is 1. The van der Waals surface area contributed by atoms with Gasteiger partial charge in [-0.05, 0) is 24.5 Å². The molecule has 0 aliphatic heterocycles. The normalized spacial score (nSPS) is 12.8. The van der Waals surface area contributed by atoms with Crippen molar-refractivity contribution in [3.63, 3.8) is 0 Å². The highest BCUT2D eigenvalue weighted by Gasteiger charge is 2.23. The summed E-state index contributed by atoms with van der Waals surface area (Å²) in [6.45, 7) is 6.23. The topological polar surface area (TPSA) is 26.3 Å². The molecule has 0 saturated carbocycles. The number of esters is 1. The Kier molecular flexibility index (Phi) is 9.78. The smallest absolute Gasteiger partial charge is 0.319 e. The average Bonchev–Trinajstić information content (AvgIpc) is 2.24. The Labute approximate surface area is 102 Å². The third-order valence-electron chi connectivity index (χ3n) is 2.16. The molecule has 0 spiro atoms. The summed E-state index contributed by atoms with van der Waals surface area (Å²) >= 11 is 1.51. The third kappa shape index (κ3) is 7.09. The van der Waals surface area contributed by atoms with E-state index in [1.54, 1.807) is 0 Å². The van der Waals surface area contributed by atoms with Gasteiger partial charge in [0, 0.05) is 0 Å². The van der Waals surface area contributed by atoms with Crippen LogP contribution in [0.15, 0.2) is 0 Å². The van der Waals surface area contributed by atoms with Crippen molar-refractivity contribution in [3.05, 3.63) is 0 Å². The van der Waals surface area contributed by atoms with Crippen LogP contribution in [0.25, 0.3) is 0 Å². The van der Waals surface area contributed by atoms with Crippen LogP contribution in [0.1, 0.15) is 40.0 Å². The van der Waals surface area contributed by atoms with Crippen LogP contribution in [0, 0.1) is 5.92 Å². The largest absolute Gasteiger partial charge is 0.465 e. The highest BCUT2D eigenvalue weighted by atomic mass is 32.2. The van der Waals surface area contributed by atoms with E-state index < -0.39 is 0 Å². The van der Waals surface area contributed by atoms with Gasteiger partial charge >= 0.3 is 5.97 Å². The number of hydrogen-bond acceptors (Lipinski definition) is 3. The molecule has 0 heterocycles. The molecule has 96 valence electrons. The molecule has 0 rings (SSSR count). The summed E-state index contributed by atoms with van der Waals surface area (Å²) in [5.41, 5.74) is 0. The number of rotatable bonds is 9. The summed E-state index contributed by atoms with van der Waals surface area (Å²) in [6.07, 6.45) is 2.44. The quantitative estimate of drug-likeness (QED) is 0.463. The lowest BCUT2D eigenvalue weighted by molar-refractivity contribution is -0.143. The van der Waals surface area contributed by atoms with Gasteiger partial charge in [0.2, 0.25) is 0 Å². The van der Waals surface area contributed by atoms with Crippen LogP contribution in [0.5, 0.6) is 0 Å². The number of carbonyl (C=O) groups is 1. The number of thioether (sulfide) groups is 1. The van der Waals surface area contributed by atoms with Crippen LogP contribution < -0.4 is 0 Å². The van der Waals surface area contributed by atoms with E-state index in [1.165, 1.54) is 11.8 Å². The fourth-order valence-corrected chi connectivity index (χ4v) is 2.32.